The number of rotatable bonds is 5. The van der Waals surface area contributed by atoms with E-state index in [-0.39, 0.29) is 0 Å². The lowest BCUT2D eigenvalue weighted by Gasteiger charge is -2.18. The summed E-state index contributed by atoms with van der Waals surface area (Å²) in [6.45, 7) is 19.7. The van der Waals surface area contributed by atoms with Crippen molar-refractivity contribution in [1.82, 2.24) is 0 Å². The third kappa shape index (κ3) is 5.34. The zero-order valence-electron chi connectivity index (χ0n) is 25.4. The van der Waals surface area contributed by atoms with E-state index in [4.69, 9.17) is 4.74 Å². The molecule has 0 amide bonds. The molecule has 0 N–H and O–H groups in total. The molecule has 0 aliphatic heterocycles. The Bertz CT molecular complexity index is 1730. The number of benzene rings is 5. The molecule has 0 fully saturated rings. The first-order valence-corrected chi connectivity index (χ1v) is 14.2. The standard InChI is InChI=1S/C39H40O/c1-23-10-15-39(40-35-14-12-25(3)36(22-35)34-19-27(5)30(8)28(6)20-34)38(16-23)37-21-33(18-29(7)31(37)9)32-13-11-24(2)26(4)17-32/h10-22H,1-9H3. The molecule has 0 saturated heterocycles. The molecule has 5 rings (SSSR count). The molecule has 202 valence electrons. The van der Waals surface area contributed by atoms with Crippen LogP contribution in [0.1, 0.15) is 50.1 Å². The lowest BCUT2D eigenvalue weighted by molar-refractivity contribution is 0.484. The fourth-order valence-corrected chi connectivity index (χ4v) is 5.46. The first-order chi connectivity index (χ1) is 19.0. The van der Waals surface area contributed by atoms with Crippen molar-refractivity contribution < 1.29 is 4.74 Å². The van der Waals surface area contributed by atoms with Gasteiger partial charge in [0.1, 0.15) is 11.5 Å². The minimum absolute atomic E-state index is 0.848. The zero-order chi connectivity index (χ0) is 28.7. The van der Waals surface area contributed by atoms with Gasteiger partial charge in [-0.25, -0.2) is 0 Å². The van der Waals surface area contributed by atoms with E-state index in [9.17, 15) is 0 Å². The molecule has 0 bridgehead atoms. The van der Waals surface area contributed by atoms with Gasteiger partial charge in [0.15, 0.2) is 0 Å². The number of hydrogen-bond acceptors (Lipinski definition) is 1. The van der Waals surface area contributed by atoms with Crippen molar-refractivity contribution in [2.75, 3.05) is 0 Å². The van der Waals surface area contributed by atoms with Gasteiger partial charge in [0.2, 0.25) is 0 Å². The molecule has 0 heterocycles. The maximum absolute atomic E-state index is 6.70. The number of ether oxygens (including phenoxy) is 1. The van der Waals surface area contributed by atoms with Crippen molar-refractivity contribution in [3.8, 4) is 44.9 Å². The van der Waals surface area contributed by atoms with Gasteiger partial charge in [-0.05, 0) is 165 Å². The predicted octanol–water partition coefficient (Wildman–Crippen LogP) is 11.3. The SMILES string of the molecule is Cc1ccc(Oc2ccc(C)c(-c3cc(C)c(C)c(C)c3)c2)c(-c2cc(-c3ccc(C)c(C)c3)cc(C)c2C)c1. The molecule has 40 heavy (non-hydrogen) atoms. The van der Waals surface area contributed by atoms with Crippen LogP contribution in [0.2, 0.25) is 0 Å². The maximum Gasteiger partial charge on any atom is 0.135 e. The van der Waals surface area contributed by atoms with Crippen LogP contribution in [-0.4, -0.2) is 0 Å². The molecule has 0 atom stereocenters. The number of aryl methyl sites for hydroxylation is 7. The van der Waals surface area contributed by atoms with E-state index in [1.807, 2.05) is 0 Å². The van der Waals surface area contributed by atoms with Crippen LogP contribution in [-0.2, 0) is 0 Å². The van der Waals surface area contributed by atoms with Gasteiger partial charge in [0.25, 0.3) is 0 Å². The molecule has 0 unspecified atom stereocenters. The molecule has 0 saturated carbocycles. The normalized spacial score (nSPS) is 11.1. The Hall–Kier alpha value is -4.10. The second-order valence-corrected chi connectivity index (χ2v) is 11.6. The van der Waals surface area contributed by atoms with Crippen LogP contribution in [0.4, 0.5) is 0 Å². The summed E-state index contributed by atoms with van der Waals surface area (Å²) in [5.41, 5.74) is 18.9. The summed E-state index contributed by atoms with van der Waals surface area (Å²) in [5, 5.41) is 0. The van der Waals surface area contributed by atoms with Crippen molar-refractivity contribution >= 4 is 0 Å². The fraction of sp³-hybridized carbons (Fsp3) is 0.231. The average molecular weight is 525 g/mol. The Morgan fingerprint density at radius 3 is 1.70 bits per heavy atom. The Kier molecular flexibility index (Phi) is 7.43. The van der Waals surface area contributed by atoms with Gasteiger partial charge in [-0.15, -0.1) is 0 Å². The van der Waals surface area contributed by atoms with Gasteiger partial charge < -0.3 is 4.74 Å². The maximum atomic E-state index is 6.70. The van der Waals surface area contributed by atoms with Crippen molar-refractivity contribution in [2.45, 2.75) is 62.3 Å². The second kappa shape index (κ2) is 10.8. The Morgan fingerprint density at radius 2 is 1.00 bits per heavy atom. The number of hydrogen-bond donors (Lipinski definition) is 0. The highest BCUT2D eigenvalue weighted by atomic mass is 16.5. The van der Waals surface area contributed by atoms with E-state index in [1.165, 1.54) is 77.9 Å². The smallest absolute Gasteiger partial charge is 0.135 e. The predicted molar refractivity (Wildman–Crippen MR) is 172 cm³/mol. The molecular formula is C39H40O. The van der Waals surface area contributed by atoms with Crippen LogP contribution < -0.4 is 4.74 Å². The minimum Gasteiger partial charge on any atom is -0.457 e. The van der Waals surface area contributed by atoms with Gasteiger partial charge in [-0.3, -0.25) is 0 Å². The van der Waals surface area contributed by atoms with Gasteiger partial charge >= 0.3 is 0 Å². The largest absolute Gasteiger partial charge is 0.457 e. The third-order valence-electron chi connectivity index (χ3n) is 8.61. The lowest BCUT2D eigenvalue weighted by Crippen LogP contribution is -1.96. The molecule has 5 aromatic rings. The molecule has 1 heteroatoms. The molecule has 0 aliphatic rings. The van der Waals surface area contributed by atoms with Crippen molar-refractivity contribution in [3.63, 3.8) is 0 Å². The summed E-state index contributed by atoms with van der Waals surface area (Å²) < 4.78 is 6.70. The molecule has 0 aromatic heterocycles. The van der Waals surface area contributed by atoms with Gasteiger partial charge in [-0.1, -0.05) is 54.1 Å². The van der Waals surface area contributed by atoms with E-state index in [0.717, 1.165) is 17.1 Å². The van der Waals surface area contributed by atoms with Crippen LogP contribution in [0.3, 0.4) is 0 Å². The third-order valence-corrected chi connectivity index (χ3v) is 8.61. The Balaban J connectivity index is 1.60. The van der Waals surface area contributed by atoms with Crippen LogP contribution >= 0.6 is 0 Å². The average Bonchev–Trinajstić information content (AvgIpc) is 2.92. The summed E-state index contributed by atoms with van der Waals surface area (Å²) >= 11 is 0. The van der Waals surface area contributed by atoms with Crippen LogP contribution in [0, 0.1) is 62.3 Å². The van der Waals surface area contributed by atoms with Gasteiger partial charge in [-0.2, -0.15) is 0 Å². The molecule has 0 radical (unpaired) electrons. The van der Waals surface area contributed by atoms with Gasteiger partial charge in [0.05, 0.1) is 0 Å². The monoisotopic (exact) mass is 524 g/mol. The Morgan fingerprint density at radius 1 is 0.375 bits per heavy atom. The highest BCUT2D eigenvalue weighted by Crippen LogP contribution is 2.40. The summed E-state index contributed by atoms with van der Waals surface area (Å²) in [7, 11) is 0. The van der Waals surface area contributed by atoms with Crippen LogP contribution in [0.15, 0.2) is 78.9 Å². The first-order valence-electron chi connectivity index (χ1n) is 14.2. The van der Waals surface area contributed by atoms with Crippen molar-refractivity contribution in [2.24, 2.45) is 0 Å². The zero-order valence-corrected chi connectivity index (χ0v) is 25.4. The van der Waals surface area contributed by atoms with E-state index >= 15 is 0 Å². The van der Waals surface area contributed by atoms with Gasteiger partial charge in [0, 0.05) is 5.56 Å². The molecule has 5 aromatic carbocycles. The highest BCUT2D eigenvalue weighted by Gasteiger charge is 2.15. The molecule has 0 aliphatic carbocycles. The van der Waals surface area contributed by atoms with Crippen molar-refractivity contribution in [1.29, 1.82) is 0 Å². The van der Waals surface area contributed by atoms with E-state index in [0.29, 0.717) is 0 Å². The minimum atomic E-state index is 0.848. The summed E-state index contributed by atoms with van der Waals surface area (Å²) in [6.07, 6.45) is 0. The Labute approximate surface area is 240 Å². The molecule has 0 spiro atoms. The summed E-state index contributed by atoms with van der Waals surface area (Å²) in [5.74, 6) is 1.72. The highest BCUT2D eigenvalue weighted by molar-refractivity contribution is 5.81. The topological polar surface area (TPSA) is 9.23 Å². The first kappa shape index (κ1) is 27.5. The summed E-state index contributed by atoms with van der Waals surface area (Å²) in [6, 6.07) is 28.9. The van der Waals surface area contributed by atoms with E-state index in [2.05, 4.69) is 141 Å². The van der Waals surface area contributed by atoms with E-state index in [1.54, 1.807) is 0 Å². The fourth-order valence-electron chi connectivity index (χ4n) is 5.46. The van der Waals surface area contributed by atoms with Crippen LogP contribution in [0.25, 0.3) is 33.4 Å². The molecular weight excluding hydrogens is 484 g/mol. The molecule has 1 nitrogen and oxygen atoms in total. The van der Waals surface area contributed by atoms with Crippen LogP contribution in [0.5, 0.6) is 11.5 Å². The van der Waals surface area contributed by atoms with Crippen molar-refractivity contribution in [3.05, 3.63) is 129 Å². The second-order valence-electron chi connectivity index (χ2n) is 11.6. The summed E-state index contributed by atoms with van der Waals surface area (Å²) in [4.78, 5) is 0. The van der Waals surface area contributed by atoms with E-state index < -0.39 is 0 Å². The lowest BCUT2D eigenvalue weighted by atomic mass is 9.90. The quantitative estimate of drug-likeness (QED) is 0.222.